The molecule has 4 heteroatoms. The number of hydrogen-bond donors (Lipinski definition) is 1. The molecule has 15 heavy (non-hydrogen) atoms. The second-order valence-electron chi connectivity index (χ2n) is 3.26. The van der Waals surface area contributed by atoms with Crippen LogP contribution in [0.25, 0.3) is 0 Å². The van der Waals surface area contributed by atoms with E-state index in [0.29, 0.717) is 6.54 Å². The second kappa shape index (κ2) is 6.20. The van der Waals surface area contributed by atoms with Crippen molar-refractivity contribution in [2.45, 2.75) is 33.2 Å². The molecule has 0 fully saturated rings. The Bertz CT molecular complexity index is 335. The average molecular weight is 206 g/mol. The normalized spacial score (nSPS) is 10.2. The molecule has 4 nitrogen and oxygen atoms in total. The zero-order valence-electron chi connectivity index (χ0n) is 9.45. The van der Waals surface area contributed by atoms with Gasteiger partial charge in [0.05, 0.1) is 13.1 Å². The Hall–Kier alpha value is -1.34. The van der Waals surface area contributed by atoms with Crippen LogP contribution in [-0.4, -0.2) is 27.9 Å². The molecule has 82 valence electrons. The molecule has 1 aromatic heterocycles. The summed E-state index contributed by atoms with van der Waals surface area (Å²) in [5.41, 5.74) is 0. The summed E-state index contributed by atoms with van der Waals surface area (Å²) in [4.78, 5) is 4.43. The standard InChI is InChI=1S/C11H18N4/c1-4-7-12-8-9-15-11(6-3)13-10(5-2)14-15/h1,12H,5-9H2,2-3H3. The van der Waals surface area contributed by atoms with Crippen LogP contribution in [0.5, 0.6) is 0 Å². The maximum atomic E-state index is 5.14. The van der Waals surface area contributed by atoms with E-state index in [0.717, 1.165) is 37.6 Å². The fourth-order valence-electron chi connectivity index (χ4n) is 1.36. The van der Waals surface area contributed by atoms with Crippen LogP contribution in [0.1, 0.15) is 25.5 Å². The van der Waals surface area contributed by atoms with E-state index in [1.54, 1.807) is 0 Å². The van der Waals surface area contributed by atoms with Crippen molar-refractivity contribution in [1.29, 1.82) is 0 Å². The molecule has 0 aliphatic carbocycles. The molecule has 0 atom stereocenters. The minimum Gasteiger partial charge on any atom is -0.304 e. The number of nitrogens with one attached hydrogen (secondary N) is 1. The van der Waals surface area contributed by atoms with Gasteiger partial charge in [-0.2, -0.15) is 5.10 Å². The molecule has 0 amide bonds. The number of hydrogen-bond acceptors (Lipinski definition) is 3. The summed E-state index contributed by atoms with van der Waals surface area (Å²) in [6, 6.07) is 0. The van der Waals surface area contributed by atoms with Crippen LogP contribution in [0.3, 0.4) is 0 Å². The van der Waals surface area contributed by atoms with Gasteiger partial charge in [-0.1, -0.05) is 19.8 Å². The topological polar surface area (TPSA) is 42.7 Å². The lowest BCUT2D eigenvalue weighted by atomic mass is 10.4. The summed E-state index contributed by atoms with van der Waals surface area (Å²) in [6.07, 6.45) is 6.95. The Morgan fingerprint density at radius 2 is 2.20 bits per heavy atom. The fraction of sp³-hybridized carbons (Fsp3) is 0.636. The third-order valence-electron chi connectivity index (χ3n) is 2.15. The van der Waals surface area contributed by atoms with Gasteiger partial charge in [0.25, 0.3) is 0 Å². The lowest BCUT2D eigenvalue weighted by Gasteiger charge is -2.03. The lowest BCUT2D eigenvalue weighted by Crippen LogP contribution is -2.21. The van der Waals surface area contributed by atoms with Gasteiger partial charge in [0.15, 0.2) is 5.82 Å². The Kier molecular flexibility index (Phi) is 4.85. The number of rotatable bonds is 6. The van der Waals surface area contributed by atoms with E-state index in [2.05, 4.69) is 35.2 Å². The minimum atomic E-state index is 0.608. The van der Waals surface area contributed by atoms with Crippen LogP contribution in [0.2, 0.25) is 0 Å². The van der Waals surface area contributed by atoms with Crippen molar-refractivity contribution in [3.05, 3.63) is 11.6 Å². The molecule has 0 saturated carbocycles. The van der Waals surface area contributed by atoms with E-state index < -0.39 is 0 Å². The lowest BCUT2D eigenvalue weighted by molar-refractivity contribution is 0.548. The molecule has 0 aliphatic heterocycles. The maximum absolute atomic E-state index is 5.14. The first-order chi connectivity index (χ1) is 7.31. The molecule has 0 aliphatic rings. The molecular formula is C11H18N4. The van der Waals surface area contributed by atoms with Gasteiger partial charge in [-0.3, -0.25) is 0 Å². The highest BCUT2D eigenvalue weighted by molar-refractivity contribution is 4.93. The summed E-state index contributed by atoms with van der Waals surface area (Å²) in [5, 5.41) is 7.55. The number of aryl methyl sites for hydroxylation is 2. The van der Waals surface area contributed by atoms with Gasteiger partial charge in [0.2, 0.25) is 0 Å². The van der Waals surface area contributed by atoms with Gasteiger partial charge in [-0.15, -0.1) is 6.42 Å². The van der Waals surface area contributed by atoms with E-state index in [1.165, 1.54) is 0 Å². The first-order valence-electron chi connectivity index (χ1n) is 5.38. The molecule has 1 heterocycles. The monoisotopic (exact) mass is 206 g/mol. The van der Waals surface area contributed by atoms with Crippen LogP contribution in [0.4, 0.5) is 0 Å². The highest BCUT2D eigenvalue weighted by atomic mass is 15.3. The van der Waals surface area contributed by atoms with Crippen molar-refractivity contribution in [2.24, 2.45) is 0 Å². The van der Waals surface area contributed by atoms with Crippen molar-refractivity contribution in [3.63, 3.8) is 0 Å². The highest BCUT2D eigenvalue weighted by Crippen LogP contribution is 2.00. The summed E-state index contributed by atoms with van der Waals surface area (Å²) in [7, 11) is 0. The molecule has 1 aromatic rings. The van der Waals surface area contributed by atoms with Crippen LogP contribution < -0.4 is 5.32 Å². The maximum Gasteiger partial charge on any atom is 0.150 e. The number of nitrogens with zero attached hydrogens (tertiary/aromatic N) is 3. The van der Waals surface area contributed by atoms with Crippen LogP contribution in [-0.2, 0) is 19.4 Å². The summed E-state index contributed by atoms with van der Waals surface area (Å²) in [6.45, 7) is 6.43. The van der Waals surface area contributed by atoms with Crippen molar-refractivity contribution in [3.8, 4) is 12.3 Å². The summed E-state index contributed by atoms with van der Waals surface area (Å²) in [5.74, 6) is 4.51. The van der Waals surface area contributed by atoms with E-state index in [-0.39, 0.29) is 0 Å². The Labute approximate surface area is 91.1 Å². The van der Waals surface area contributed by atoms with Gasteiger partial charge >= 0.3 is 0 Å². The predicted molar refractivity (Wildman–Crippen MR) is 60.5 cm³/mol. The van der Waals surface area contributed by atoms with Gasteiger partial charge in [0.1, 0.15) is 5.82 Å². The minimum absolute atomic E-state index is 0.608. The predicted octanol–water partition coefficient (Wildman–Crippen LogP) is 0.626. The largest absolute Gasteiger partial charge is 0.304 e. The molecule has 0 spiro atoms. The first-order valence-corrected chi connectivity index (χ1v) is 5.38. The molecule has 0 bridgehead atoms. The smallest absolute Gasteiger partial charge is 0.150 e. The molecule has 0 radical (unpaired) electrons. The molecule has 0 aromatic carbocycles. The zero-order chi connectivity index (χ0) is 11.1. The summed E-state index contributed by atoms with van der Waals surface area (Å²) < 4.78 is 1.96. The van der Waals surface area contributed by atoms with Crippen molar-refractivity contribution >= 4 is 0 Å². The fourth-order valence-corrected chi connectivity index (χ4v) is 1.36. The van der Waals surface area contributed by atoms with Gasteiger partial charge in [-0.05, 0) is 0 Å². The van der Waals surface area contributed by atoms with E-state index in [9.17, 15) is 0 Å². The van der Waals surface area contributed by atoms with Gasteiger partial charge in [-0.25, -0.2) is 9.67 Å². The number of aromatic nitrogens is 3. The van der Waals surface area contributed by atoms with E-state index in [4.69, 9.17) is 6.42 Å². The Morgan fingerprint density at radius 1 is 1.40 bits per heavy atom. The zero-order valence-corrected chi connectivity index (χ0v) is 9.45. The van der Waals surface area contributed by atoms with Crippen molar-refractivity contribution in [2.75, 3.05) is 13.1 Å². The third kappa shape index (κ3) is 3.37. The van der Waals surface area contributed by atoms with E-state index in [1.807, 2.05) is 4.68 Å². The molecule has 1 N–H and O–H groups in total. The van der Waals surface area contributed by atoms with Crippen LogP contribution >= 0.6 is 0 Å². The second-order valence-corrected chi connectivity index (χ2v) is 3.26. The van der Waals surface area contributed by atoms with E-state index >= 15 is 0 Å². The highest BCUT2D eigenvalue weighted by Gasteiger charge is 2.05. The SMILES string of the molecule is C#CCNCCn1nc(CC)nc1CC. The van der Waals surface area contributed by atoms with Gasteiger partial charge < -0.3 is 5.32 Å². The van der Waals surface area contributed by atoms with Crippen LogP contribution in [0, 0.1) is 12.3 Å². The third-order valence-corrected chi connectivity index (χ3v) is 2.15. The molecule has 0 saturated heterocycles. The Balaban J connectivity index is 2.51. The van der Waals surface area contributed by atoms with Gasteiger partial charge in [0, 0.05) is 19.4 Å². The van der Waals surface area contributed by atoms with Crippen molar-refractivity contribution < 1.29 is 0 Å². The quantitative estimate of drug-likeness (QED) is 0.548. The molecule has 1 rings (SSSR count). The van der Waals surface area contributed by atoms with Crippen LogP contribution in [0.15, 0.2) is 0 Å². The van der Waals surface area contributed by atoms with Crippen molar-refractivity contribution in [1.82, 2.24) is 20.1 Å². The molecule has 0 unspecified atom stereocenters. The average Bonchev–Trinajstić information content (AvgIpc) is 2.67. The first kappa shape index (κ1) is 11.7. The molecular weight excluding hydrogens is 188 g/mol. The Morgan fingerprint density at radius 3 is 2.80 bits per heavy atom. The summed E-state index contributed by atoms with van der Waals surface area (Å²) >= 11 is 0. The number of terminal acetylenes is 1.